The van der Waals surface area contributed by atoms with Crippen LogP contribution >= 0.6 is 0 Å². The number of fused-ring (bicyclic) bond motifs is 1. The number of carboxylic acids is 1. The summed E-state index contributed by atoms with van der Waals surface area (Å²) in [5, 5.41) is 8.55. The maximum Gasteiger partial charge on any atom is 0.303 e. The molecule has 5 nitrogen and oxygen atoms in total. The van der Waals surface area contributed by atoms with E-state index < -0.39 is 5.97 Å². The molecule has 2 aromatic rings. The fourth-order valence-electron chi connectivity index (χ4n) is 1.87. The first-order chi connectivity index (χ1) is 8.18. The summed E-state index contributed by atoms with van der Waals surface area (Å²) in [5.41, 5.74) is 1.96. The molecule has 0 unspecified atom stereocenters. The van der Waals surface area contributed by atoms with Gasteiger partial charge >= 0.3 is 5.97 Å². The maximum atomic E-state index is 10.4. The summed E-state index contributed by atoms with van der Waals surface area (Å²) in [6, 6.07) is 1.89. The van der Waals surface area contributed by atoms with Crippen molar-refractivity contribution < 1.29 is 9.90 Å². The third kappa shape index (κ3) is 2.61. The Morgan fingerprint density at radius 3 is 3.00 bits per heavy atom. The van der Waals surface area contributed by atoms with Gasteiger partial charge in [0.1, 0.15) is 5.82 Å². The molecule has 0 fully saturated rings. The standard InChI is InChI=1S/C12H15N3O2/c1-15-10-8-13-7-6-9(10)14-11(15)4-2-3-5-12(16)17/h6-8H,2-5H2,1H3,(H,16,17). The summed E-state index contributed by atoms with van der Waals surface area (Å²) in [6.45, 7) is 0. The summed E-state index contributed by atoms with van der Waals surface area (Å²) >= 11 is 0. The molecule has 90 valence electrons. The second-order valence-corrected chi connectivity index (χ2v) is 4.05. The van der Waals surface area contributed by atoms with Crippen LogP contribution in [0.3, 0.4) is 0 Å². The third-order valence-corrected chi connectivity index (χ3v) is 2.82. The highest BCUT2D eigenvalue weighted by molar-refractivity contribution is 5.74. The molecule has 0 saturated carbocycles. The molecule has 0 spiro atoms. The Morgan fingerprint density at radius 2 is 2.29 bits per heavy atom. The summed E-state index contributed by atoms with van der Waals surface area (Å²) in [5.74, 6) is 0.248. The van der Waals surface area contributed by atoms with Crippen molar-refractivity contribution in [3.63, 3.8) is 0 Å². The lowest BCUT2D eigenvalue weighted by atomic mass is 10.2. The number of hydrogen-bond acceptors (Lipinski definition) is 3. The van der Waals surface area contributed by atoms with Gasteiger partial charge in [0.15, 0.2) is 0 Å². The van der Waals surface area contributed by atoms with Crippen LogP contribution in [0.4, 0.5) is 0 Å². The number of aryl methyl sites for hydroxylation is 2. The van der Waals surface area contributed by atoms with Gasteiger partial charge in [0.25, 0.3) is 0 Å². The summed E-state index contributed by atoms with van der Waals surface area (Å²) in [6.07, 6.45) is 6.09. The summed E-state index contributed by atoms with van der Waals surface area (Å²) < 4.78 is 2.02. The molecule has 0 aromatic carbocycles. The molecule has 0 atom stereocenters. The predicted octanol–water partition coefficient (Wildman–Crippen LogP) is 1.77. The second kappa shape index (κ2) is 4.95. The van der Waals surface area contributed by atoms with E-state index in [1.165, 1.54) is 0 Å². The van der Waals surface area contributed by atoms with E-state index >= 15 is 0 Å². The van der Waals surface area contributed by atoms with Gasteiger partial charge < -0.3 is 9.67 Å². The van der Waals surface area contributed by atoms with Gasteiger partial charge in [0, 0.05) is 26.1 Å². The first-order valence-electron chi connectivity index (χ1n) is 5.65. The number of unbranched alkanes of at least 4 members (excludes halogenated alkanes) is 1. The van der Waals surface area contributed by atoms with Gasteiger partial charge in [-0.15, -0.1) is 0 Å². The van der Waals surface area contributed by atoms with Crippen LogP contribution in [0.2, 0.25) is 0 Å². The van der Waals surface area contributed by atoms with Crippen LogP contribution in [0, 0.1) is 0 Å². The molecule has 0 aliphatic heterocycles. The van der Waals surface area contributed by atoms with Gasteiger partial charge in [0.05, 0.1) is 17.2 Å². The van der Waals surface area contributed by atoms with Crippen molar-refractivity contribution in [3.05, 3.63) is 24.3 Å². The Hall–Kier alpha value is -1.91. The molecule has 2 rings (SSSR count). The molecule has 5 heteroatoms. The number of rotatable bonds is 5. The molecule has 0 saturated heterocycles. The highest BCUT2D eigenvalue weighted by atomic mass is 16.4. The lowest BCUT2D eigenvalue weighted by molar-refractivity contribution is -0.137. The van der Waals surface area contributed by atoms with Crippen molar-refractivity contribution >= 4 is 17.0 Å². The van der Waals surface area contributed by atoms with Crippen LogP contribution in [0.1, 0.15) is 25.1 Å². The van der Waals surface area contributed by atoms with Crippen molar-refractivity contribution in [2.75, 3.05) is 0 Å². The quantitative estimate of drug-likeness (QED) is 0.799. The van der Waals surface area contributed by atoms with Gasteiger partial charge in [-0.25, -0.2) is 4.98 Å². The first kappa shape index (κ1) is 11.6. The molecular weight excluding hydrogens is 218 g/mol. The minimum absolute atomic E-state index is 0.228. The maximum absolute atomic E-state index is 10.4. The van der Waals surface area contributed by atoms with E-state index in [2.05, 4.69) is 9.97 Å². The van der Waals surface area contributed by atoms with E-state index in [0.717, 1.165) is 29.7 Å². The summed E-state index contributed by atoms with van der Waals surface area (Å²) in [7, 11) is 1.96. The van der Waals surface area contributed by atoms with Crippen molar-refractivity contribution in [2.24, 2.45) is 7.05 Å². The Balaban J connectivity index is 2.04. The van der Waals surface area contributed by atoms with E-state index in [1.54, 1.807) is 12.4 Å². The summed E-state index contributed by atoms with van der Waals surface area (Å²) in [4.78, 5) is 19.0. The van der Waals surface area contributed by atoms with Gasteiger partial charge in [-0.05, 0) is 18.9 Å². The number of aliphatic carboxylic acids is 1. The fourth-order valence-corrected chi connectivity index (χ4v) is 1.87. The SMILES string of the molecule is Cn1c(CCCCC(=O)O)nc2ccncc21. The van der Waals surface area contributed by atoms with E-state index in [-0.39, 0.29) is 6.42 Å². The monoisotopic (exact) mass is 233 g/mol. The zero-order valence-corrected chi connectivity index (χ0v) is 9.76. The number of pyridine rings is 1. The molecule has 17 heavy (non-hydrogen) atoms. The van der Waals surface area contributed by atoms with Crippen LogP contribution in [0.5, 0.6) is 0 Å². The Labute approximate surface area is 99.1 Å². The second-order valence-electron chi connectivity index (χ2n) is 4.05. The first-order valence-corrected chi connectivity index (χ1v) is 5.65. The molecule has 0 aliphatic carbocycles. The molecule has 2 heterocycles. The topological polar surface area (TPSA) is 68.0 Å². The highest BCUT2D eigenvalue weighted by Crippen LogP contribution is 2.14. The van der Waals surface area contributed by atoms with Crippen LogP contribution in [-0.4, -0.2) is 25.6 Å². The van der Waals surface area contributed by atoms with Gasteiger partial charge in [-0.3, -0.25) is 9.78 Å². The van der Waals surface area contributed by atoms with Crippen molar-refractivity contribution in [2.45, 2.75) is 25.7 Å². The number of aromatic nitrogens is 3. The largest absolute Gasteiger partial charge is 0.481 e. The molecule has 2 aromatic heterocycles. The zero-order chi connectivity index (χ0) is 12.3. The lowest BCUT2D eigenvalue weighted by Gasteiger charge is -2.01. The number of carboxylic acid groups (broad SMARTS) is 1. The van der Waals surface area contributed by atoms with Gasteiger partial charge in [0.2, 0.25) is 0 Å². The van der Waals surface area contributed by atoms with E-state index in [1.807, 2.05) is 17.7 Å². The smallest absolute Gasteiger partial charge is 0.303 e. The number of nitrogens with zero attached hydrogens (tertiary/aromatic N) is 3. The molecule has 0 amide bonds. The van der Waals surface area contributed by atoms with Gasteiger partial charge in [-0.1, -0.05) is 0 Å². The van der Waals surface area contributed by atoms with E-state index in [9.17, 15) is 4.79 Å². The zero-order valence-electron chi connectivity index (χ0n) is 9.76. The molecule has 1 N–H and O–H groups in total. The van der Waals surface area contributed by atoms with Crippen molar-refractivity contribution in [3.8, 4) is 0 Å². The minimum Gasteiger partial charge on any atom is -0.481 e. The number of carbonyl (C=O) groups is 1. The Morgan fingerprint density at radius 1 is 1.47 bits per heavy atom. The lowest BCUT2D eigenvalue weighted by Crippen LogP contribution is -1.99. The molecule has 0 bridgehead atoms. The third-order valence-electron chi connectivity index (χ3n) is 2.82. The molecular formula is C12H15N3O2. The van der Waals surface area contributed by atoms with Gasteiger partial charge in [-0.2, -0.15) is 0 Å². The minimum atomic E-state index is -0.737. The number of hydrogen-bond donors (Lipinski definition) is 1. The predicted molar refractivity (Wildman–Crippen MR) is 63.7 cm³/mol. The van der Waals surface area contributed by atoms with Crippen LogP contribution in [-0.2, 0) is 18.3 Å². The molecule has 0 aliphatic rings. The average Bonchev–Trinajstić information content (AvgIpc) is 2.63. The van der Waals surface area contributed by atoms with Crippen molar-refractivity contribution in [1.29, 1.82) is 0 Å². The van der Waals surface area contributed by atoms with E-state index in [4.69, 9.17) is 5.11 Å². The molecule has 0 radical (unpaired) electrons. The normalized spacial score (nSPS) is 10.9. The highest BCUT2D eigenvalue weighted by Gasteiger charge is 2.07. The average molecular weight is 233 g/mol. The van der Waals surface area contributed by atoms with E-state index in [0.29, 0.717) is 6.42 Å². The van der Waals surface area contributed by atoms with Crippen LogP contribution in [0.15, 0.2) is 18.5 Å². The van der Waals surface area contributed by atoms with Crippen LogP contribution in [0.25, 0.3) is 11.0 Å². The Bertz CT molecular complexity index is 534. The van der Waals surface area contributed by atoms with Crippen molar-refractivity contribution in [1.82, 2.24) is 14.5 Å². The Kier molecular flexibility index (Phi) is 3.37. The number of imidazole rings is 1. The van der Waals surface area contributed by atoms with Crippen LogP contribution < -0.4 is 0 Å². The fraction of sp³-hybridized carbons (Fsp3) is 0.417.